The van der Waals surface area contributed by atoms with Gasteiger partial charge in [0.05, 0.1) is 25.4 Å². The zero-order valence-electron chi connectivity index (χ0n) is 18.3. The molecular weight excluding hydrogens is 446 g/mol. The monoisotopic (exact) mass is 473 g/mol. The average molecular weight is 474 g/mol. The smallest absolute Gasteiger partial charge is 0.324 e. The summed E-state index contributed by atoms with van der Waals surface area (Å²) in [5, 5.41) is 18.9. The van der Waals surface area contributed by atoms with Crippen LogP contribution in [0.4, 0.5) is 10.5 Å². The largest absolute Gasteiger partial charge is 0.455 e. The highest BCUT2D eigenvalue weighted by Gasteiger charge is 2.34. The number of aliphatic hydroxyl groups excluding tert-OH is 2. The summed E-state index contributed by atoms with van der Waals surface area (Å²) in [5.74, 6) is 0.946. The number of carbonyl (C=O) groups excluding carboxylic acids is 2. The first-order chi connectivity index (χ1) is 16.0. The molecule has 9 heteroatoms. The first-order valence-electron chi connectivity index (χ1n) is 11.1. The van der Waals surface area contributed by atoms with Crippen LogP contribution in [0.1, 0.15) is 18.4 Å². The van der Waals surface area contributed by atoms with Crippen LogP contribution in [0.2, 0.25) is 5.02 Å². The van der Waals surface area contributed by atoms with Crippen molar-refractivity contribution < 1.29 is 24.5 Å². The number of benzene rings is 2. The molecule has 0 saturated carbocycles. The van der Waals surface area contributed by atoms with E-state index in [0.717, 1.165) is 5.56 Å². The number of para-hydroxylation sites is 1. The summed E-state index contributed by atoms with van der Waals surface area (Å²) in [4.78, 5) is 31.3. The van der Waals surface area contributed by atoms with Crippen molar-refractivity contribution in [2.75, 3.05) is 44.3 Å². The lowest BCUT2D eigenvalue weighted by molar-refractivity contribution is -0.137. The SMILES string of the molecule is O=C(C1CCN(C(=O)N2Cc3ccccc3Oc3ccc(Cl)cc32)CC1)N(CCO)CCO. The summed E-state index contributed by atoms with van der Waals surface area (Å²) in [7, 11) is 0. The number of halogens is 1. The molecule has 8 nitrogen and oxygen atoms in total. The molecule has 1 fully saturated rings. The molecule has 0 aliphatic carbocycles. The van der Waals surface area contributed by atoms with Crippen molar-refractivity contribution in [1.82, 2.24) is 9.80 Å². The van der Waals surface area contributed by atoms with Crippen LogP contribution in [0.5, 0.6) is 11.5 Å². The number of fused-ring (bicyclic) bond motifs is 2. The van der Waals surface area contributed by atoms with Gasteiger partial charge in [0, 0.05) is 42.7 Å². The van der Waals surface area contributed by atoms with Crippen LogP contribution < -0.4 is 9.64 Å². The van der Waals surface area contributed by atoms with Crippen LogP contribution in [0.15, 0.2) is 42.5 Å². The van der Waals surface area contributed by atoms with Gasteiger partial charge in [-0.2, -0.15) is 0 Å². The van der Waals surface area contributed by atoms with Gasteiger partial charge >= 0.3 is 6.03 Å². The van der Waals surface area contributed by atoms with Gasteiger partial charge in [-0.1, -0.05) is 29.8 Å². The second kappa shape index (κ2) is 10.4. The normalized spacial score (nSPS) is 15.8. The summed E-state index contributed by atoms with van der Waals surface area (Å²) in [5.41, 5.74) is 1.51. The second-order valence-corrected chi connectivity index (χ2v) is 8.66. The van der Waals surface area contributed by atoms with E-state index in [0.29, 0.717) is 54.7 Å². The van der Waals surface area contributed by atoms with E-state index in [4.69, 9.17) is 16.3 Å². The molecule has 0 radical (unpaired) electrons. The number of rotatable bonds is 5. The Hall–Kier alpha value is -2.81. The van der Waals surface area contributed by atoms with Crippen molar-refractivity contribution in [2.24, 2.45) is 5.92 Å². The molecule has 2 aromatic carbocycles. The lowest BCUT2D eigenvalue weighted by Gasteiger charge is -2.36. The van der Waals surface area contributed by atoms with E-state index in [1.165, 1.54) is 4.90 Å². The van der Waals surface area contributed by atoms with Crippen LogP contribution in [0, 0.1) is 5.92 Å². The maximum absolute atomic E-state index is 13.6. The topological polar surface area (TPSA) is 93.6 Å². The number of ether oxygens (including phenoxy) is 1. The van der Waals surface area contributed by atoms with Crippen LogP contribution in [-0.2, 0) is 11.3 Å². The fraction of sp³-hybridized carbons (Fsp3) is 0.417. The molecule has 0 bridgehead atoms. The Morgan fingerprint density at radius 3 is 2.42 bits per heavy atom. The highest BCUT2D eigenvalue weighted by Crippen LogP contribution is 2.41. The quantitative estimate of drug-likeness (QED) is 0.696. The summed E-state index contributed by atoms with van der Waals surface area (Å²) >= 11 is 6.25. The minimum Gasteiger partial charge on any atom is -0.455 e. The highest BCUT2D eigenvalue weighted by molar-refractivity contribution is 6.31. The summed E-state index contributed by atoms with van der Waals surface area (Å²) in [6.07, 6.45) is 1.06. The van der Waals surface area contributed by atoms with Gasteiger partial charge in [0.15, 0.2) is 5.75 Å². The molecule has 4 rings (SSSR count). The first kappa shape index (κ1) is 23.4. The molecule has 2 aliphatic heterocycles. The van der Waals surface area contributed by atoms with Gasteiger partial charge in [-0.15, -0.1) is 0 Å². The van der Waals surface area contributed by atoms with Gasteiger partial charge in [-0.3, -0.25) is 9.69 Å². The van der Waals surface area contributed by atoms with Crippen molar-refractivity contribution in [3.8, 4) is 11.5 Å². The fourth-order valence-electron chi connectivity index (χ4n) is 4.39. The number of aliphatic hydroxyl groups is 2. The van der Waals surface area contributed by atoms with Gasteiger partial charge < -0.3 is 24.7 Å². The molecule has 2 aliphatic rings. The van der Waals surface area contributed by atoms with E-state index in [9.17, 15) is 19.8 Å². The average Bonchev–Trinajstić information content (AvgIpc) is 2.99. The second-order valence-electron chi connectivity index (χ2n) is 8.22. The predicted octanol–water partition coefficient (Wildman–Crippen LogP) is 3.10. The van der Waals surface area contributed by atoms with Crippen LogP contribution in [0.3, 0.4) is 0 Å². The van der Waals surface area contributed by atoms with E-state index < -0.39 is 0 Å². The third kappa shape index (κ3) is 5.08. The van der Waals surface area contributed by atoms with Crippen LogP contribution in [-0.4, -0.2) is 71.3 Å². The van der Waals surface area contributed by atoms with Crippen molar-refractivity contribution in [3.05, 3.63) is 53.1 Å². The lowest BCUT2D eigenvalue weighted by atomic mass is 9.95. The van der Waals surface area contributed by atoms with Gasteiger partial charge in [0.25, 0.3) is 0 Å². The number of hydrogen-bond donors (Lipinski definition) is 2. The minimum atomic E-state index is -0.234. The van der Waals surface area contributed by atoms with E-state index in [1.807, 2.05) is 24.3 Å². The van der Waals surface area contributed by atoms with Crippen LogP contribution >= 0.6 is 11.6 Å². The molecule has 0 atom stereocenters. The summed E-state index contributed by atoms with van der Waals surface area (Å²) in [6.45, 7) is 1.33. The maximum Gasteiger partial charge on any atom is 0.324 e. The van der Waals surface area contributed by atoms with Crippen molar-refractivity contribution in [1.29, 1.82) is 0 Å². The Balaban J connectivity index is 1.50. The Kier molecular flexibility index (Phi) is 7.37. The highest BCUT2D eigenvalue weighted by atomic mass is 35.5. The third-order valence-corrected chi connectivity index (χ3v) is 6.36. The molecule has 2 aromatic rings. The Morgan fingerprint density at radius 1 is 1.03 bits per heavy atom. The Labute approximate surface area is 197 Å². The number of hydrogen-bond acceptors (Lipinski definition) is 5. The lowest BCUT2D eigenvalue weighted by Crippen LogP contribution is -2.49. The number of likely N-dealkylation sites (tertiary alicyclic amines) is 1. The van der Waals surface area contributed by atoms with Crippen molar-refractivity contribution in [3.63, 3.8) is 0 Å². The van der Waals surface area contributed by atoms with E-state index in [-0.39, 0.29) is 44.2 Å². The number of anilines is 1. The molecule has 2 heterocycles. The molecule has 0 unspecified atom stereocenters. The molecule has 0 spiro atoms. The van der Waals surface area contributed by atoms with E-state index >= 15 is 0 Å². The maximum atomic E-state index is 13.6. The summed E-state index contributed by atoms with van der Waals surface area (Å²) in [6, 6.07) is 12.7. The van der Waals surface area contributed by atoms with E-state index in [2.05, 4.69) is 0 Å². The van der Waals surface area contributed by atoms with Gasteiger partial charge in [-0.05, 0) is 37.1 Å². The molecule has 0 aromatic heterocycles. The number of amides is 3. The number of piperidine rings is 1. The molecule has 3 amide bonds. The summed E-state index contributed by atoms with van der Waals surface area (Å²) < 4.78 is 6.08. The van der Waals surface area contributed by atoms with Crippen molar-refractivity contribution >= 4 is 29.2 Å². The third-order valence-electron chi connectivity index (χ3n) is 6.13. The Morgan fingerprint density at radius 2 is 1.73 bits per heavy atom. The molecule has 2 N–H and O–H groups in total. The minimum absolute atomic E-state index is 0.0839. The number of nitrogens with zero attached hydrogens (tertiary/aromatic N) is 3. The molecule has 33 heavy (non-hydrogen) atoms. The van der Waals surface area contributed by atoms with Gasteiger partial charge in [-0.25, -0.2) is 4.79 Å². The fourth-order valence-corrected chi connectivity index (χ4v) is 4.55. The van der Waals surface area contributed by atoms with Crippen molar-refractivity contribution in [2.45, 2.75) is 19.4 Å². The number of carbonyl (C=O) groups is 2. The van der Waals surface area contributed by atoms with E-state index in [1.54, 1.807) is 28.0 Å². The van der Waals surface area contributed by atoms with Gasteiger partial charge in [0.1, 0.15) is 5.75 Å². The van der Waals surface area contributed by atoms with Crippen LogP contribution in [0.25, 0.3) is 0 Å². The first-order valence-corrected chi connectivity index (χ1v) is 11.5. The predicted molar refractivity (Wildman–Crippen MR) is 125 cm³/mol. The van der Waals surface area contributed by atoms with Gasteiger partial charge in [0.2, 0.25) is 5.91 Å². The zero-order valence-corrected chi connectivity index (χ0v) is 19.1. The standard InChI is InChI=1S/C24H28ClN3O5/c25-19-5-6-22-20(15-19)28(16-18-3-1-2-4-21(18)33-22)24(32)27-9-7-17(8-10-27)23(31)26(11-13-29)12-14-30/h1-6,15,17,29-30H,7-14,16H2. The molecule has 1 saturated heterocycles. The number of urea groups is 1. The zero-order chi connectivity index (χ0) is 23.4. The molecular formula is C24H28ClN3O5. The Bertz CT molecular complexity index is 1000. The molecule has 176 valence electrons.